The molecule has 0 aromatic heterocycles. The van der Waals surface area contributed by atoms with Gasteiger partial charge in [-0.05, 0) is 59.7 Å². The van der Waals surface area contributed by atoms with Crippen LogP contribution < -0.4 is 5.32 Å². The summed E-state index contributed by atoms with van der Waals surface area (Å²) in [6.45, 7) is 6.31. The van der Waals surface area contributed by atoms with Crippen molar-refractivity contribution < 1.29 is 0 Å². The van der Waals surface area contributed by atoms with E-state index in [1.807, 2.05) is 20.2 Å². The fraction of sp³-hybridized carbons (Fsp3) is 0.206. The van der Waals surface area contributed by atoms with E-state index in [4.69, 9.17) is 4.99 Å². The van der Waals surface area contributed by atoms with Crippen molar-refractivity contribution in [3.8, 4) is 11.1 Å². The van der Waals surface area contributed by atoms with Gasteiger partial charge in [-0.15, -0.1) is 0 Å². The second-order valence-corrected chi connectivity index (χ2v) is 9.04. The minimum atomic E-state index is -0.283. The number of hydrogen-bond acceptors (Lipinski definition) is 2. The highest BCUT2D eigenvalue weighted by atomic mass is 14.8. The molecule has 182 valence electrons. The molecule has 0 saturated carbocycles. The van der Waals surface area contributed by atoms with E-state index >= 15 is 0 Å². The number of nitrogens with one attached hydrogen (secondary N) is 1. The van der Waals surface area contributed by atoms with Crippen molar-refractivity contribution in [1.82, 2.24) is 5.32 Å². The van der Waals surface area contributed by atoms with Gasteiger partial charge in [-0.3, -0.25) is 4.99 Å². The number of benzene rings is 4. The van der Waals surface area contributed by atoms with E-state index in [1.165, 1.54) is 33.4 Å². The first-order valence-corrected chi connectivity index (χ1v) is 12.9. The largest absolute Gasteiger partial charge is 0.388 e. The highest BCUT2D eigenvalue weighted by molar-refractivity contribution is 5.75. The van der Waals surface area contributed by atoms with Crippen molar-refractivity contribution in [2.24, 2.45) is 4.99 Å². The van der Waals surface area contributed by atoms with Crippen LogP contribution in [0, 0.1) is 0 Å². The van der Waals surface area contributed by atoms with Crippen LogP contribution in [0.2, 0.25) is 0 Å². The summed E-state index contributed by atoms with van der Waals surface area (Å²) < 4.78 is 0. The number of hydrogen-bond donors (Lipinski definition) is 1. The van der Waals surface area contributed by atoms with Gasteiger partial charge in [0.05, 0.1) is 5.69 Å². The molecule has 36 heavy (non-hydrogen) atoms. The Bertz CT molecular complexity index is 1280. The summed E-state index contributed by atoms with van der Waals surface area (Å²) in [6, 6.07) is 37.3. The van der Waals surface area contributed by atoms with E-state index in [-0.39, 0.29) is 5.41 Å². The third kappa shape index (κ3) is 4.90. The highest BCUT2D eigenvalue weighted by Crippen LogP contribution is 2.47. The molecule has 0 aliphatic heterocycles. The second kappa shape index (κ2) is 11.7. The predicted molar refractivity (Wildman–Crippen MR) is 156 cm³/mol. The van der Waals surface area contributed by atoms with Crippen LogP contribution in [0.25, 0.3) is 16.8 Å². The van der Waals surface area contributed by atoms with E-state index in [0.717, 1.165) is 24.2 Å². The Morgan fingerprint density at radius 1 is 0.778 bits per heavy atom. The van der Waals surface area contributed by atoms with Gasteiger partial charge in [0.1, 0.15) is 0 Å². The third-order valence-electron chi connectivity index (χ3n) is 6.97. The number of rotatable bonds is 9. The topological polar surface area (TPSA) is 24.4 Å². The molecule has 1 N–H and O–H groups in total. The molecule has 0 aliphatic rings. The Hall–Kier alpha value is -3.91. The lowest BCUT2D eigenvalue weighted by atomic mass is 9.66. The molecular weight excluding hydrogens is 436 g/mol. The number of nitrogens with zero attached hydrogens (tertiary/aromatic N) is 1. The summed E-state index contributed by atoms with van der Waals surface area (Å²) in [6.07, 6.45) is 6.06. The van der Waals surface area contributed by atoms with Gasteiger partial charge in [-0.25, -0.2) is 0 Å². The Morgan fingerprint density at radius 3 is 1.86 bits per heavy atom. The number of allylic oxidation sites excluding steroid dienone is 1. The van der Waals surface area contributed by atoms with E-state index in [9.17, 15) is 0 Å². The van der Waals surface area contributed by atoms with Crippen LogP contribution in [0.1, 0.15) is 55.9 Å². The molecule has 2 heteroatoms. The van der Waals surface area contributed by atoms with Gasteiger partial charge < -0.3 is 5.32 Å². The van der Waals surface area contributed by atoms with Crippen LogP contribution in [0.15, 0.2) is 114 Å². The third-order valence-corrected chi connectivity index (χ3v) is 6.97. The summed E-state index contributed by atoms with van der Waals surface area (Å²) in [5.41, 5.74) is 9.24. The second-order valence-electron chi connectivity index (χ2n) is 9.04. The first-order valence-electron chi connectivity index (χ1n) is 12.9. The maximum atomic E-state index is 4.92. The van der Waals surface area contributed by atoms with Crippen LogP contribution >= 0.6 is 0 Å². The SMILES string of the molecule is CC=Nc1cc(-c2ccc(/C(=C/C)NC)cc2)ccc1C(CCC)(c1ccccc1)c1ccccc1. The molecule has 0 bridgehead atoms. The van der Waals surface area contributed by atoms with Crippen molar-refractivity contribution in [2.75, 3.05) is 7.05 Å². The average molecular weight is 473 g/mol. The van der Waals surface area contributed by atoms with Gasteiger partial charge >= 0.3 is 0 Å². The molecule has 2 nitrogen and oxygen atoms in total. The van der Waals surface area contributed by atoms with Crippen molar-refractivity contribution in [1.29, 1.82) is 0 Å². The van der Waals surface area contributed by atoms with Crippen LogP contribution in [-0.4, -0.2) is 13.3 Å². The molecule has 0 heterocycles. The van der Waals surface area contributed by atoms with E-state index in [1.54, 1.807) is 0 Å². The maximum Gasteiger partial charge on any atom is 0.0676 e. The first-order chi connectivity index (χ1) is 17.7. The molecular formula is C34H36N2. The summed E-state index contributed by atoms with van der Waals surface area (Å²) in [7, 11) is 1.96. The minimum Gasteiger partial charge on any atom is -0.388 e. The smallest absolute Gasteiger partial charge is 0.0676 e. The Kier molecular flexibility index (Phi) is 8.17. The Morgan fingerprint density at radius 2 is 1.36 bits per heavy atom. The molecule has 4 aromatic rings. The molecule has 4 aromatic carbocycles. The Balaban J connectivity index is 1.91. The lowest BCUT2D eigenvalue weighted by Crippen LogP contribution is -2.29. The van der Waals surface area contributed by atoms with Crippen LogP contribution in [0.4, 0.5) is 5.69 Å². The van der Waals surface area contributed by atoms with Crippen molar-refractivity contribution in [3.63, 3.8) is 0 Å². The molecule has 0 atom stereocenters. The predicted octanol–water partition coefficient (Wildman–Crippen LogP) is 8.79. The standard InChI is InChI=1S/C34H36N2/c1-5-24-34(29-14-10-8-11-15-29,30-16-12-9-13-17-30)31-23-22-28(25-33(31)36-7-3)26-18-20-27(21-19-26)32(6-2)35-4/h6-23,25,35H,5,24H2,1-4H3/b32-6-,36-7?. The average Bonchev–Trinajstić information content (AvgIpc) is 2.94. The molecule has 4 rings (SSSR count). The normalized spacial score (nSPS) is 12.2. The fourth-order valence-corrected chi connectivity index (χ4v) is 5.34. The lowest BCUT2D eigenvalue weighted by molar-refractivity contribution is 0.551. The van der Waals surface area contributed by atoms with Crippen LogP contribution in [0.3, 0.4) is 0 Å². The van der Waals surface area contributed by atoms with Crippen molar-refractivity contribution >= 4 is 17.6 Å². The van der Waals surface area contributed by atoms with Gasteiger partial charge in [-0.2, -0.15) is 0 Å². The van der Waals surface area contributed by atoms with E-state index < -0.39 is 0 Å². The molecule has 0 fully saturated rings. The molecule has 0 amide bonds. The molecule has 0 spiro atoms. The van der Waals surface area contributed by atoms with Crippen molar-refractivity contribution in [2.45, 2.75) is 39.0 Å². The Labute approximate surface area is 216 Å². The monoisotopic (exact) mass is 472 g/mol. The summed E-state index contributed by atoms with van der Waals surface area (Å²) >= 11 is 0. The van der Waals surface area contributed by atoms with Gasteiger partial charge in [0.2, 0.25) is 0 Å². The zero-order valence-electron chi connectivity index (χ0n) is 21.8. The quantitative estimate of drug-likeness (QED) is 0.191. The van der Waals surface area contributed by atoms with Gasteiger partial charge in [0.25, 0.3) is 0 Å². The molecule has 0 saturated heterocycles. The first kappa shape index (κ1) is 25.2. The lowest BCUT2D eigenvalue weighted by Gasteiger charge is -2.37. The maximum absolute atomic E-state index is 4.92. The van der Waals surface area contributed by atoms with Gasteiger partial charge in [0, 0.05) is 24.4 Å². The molecule has 0 unspecified atom stereocenters. The van der Waals surface area contributed by atoms with Crippen LogP contribution in [-0.2, 0) is 5.41 Å². The van der Waals surface area contributed by atoms with Gasteiger partial charge in [0.15, 0.2) is 0 Å². The highest BCUT2D eigenvalue weighted by Gasteiger charge is 2.37. The summed E-state index contributed by atoms with van der Waals surface area (Å²) in [5, 5.41) is 3.26. The summed E-state index contributed by atoms with van der Waals surface area (Å²) in [4.78, 5) is 4.92. The van der Waals surface area contributed by atoms with Gasteiger partial charge in [-0.1, -0.05) is 116 Å². The van der Waals surface area contributed by atoms with Crippen molar-refractivity contribution in [3.05, 3.63) is 131 Å². The zero-order chi connectivity index (χ0) is 25.4. The molecule has 0 radical (unpaired) electrons. The summed E-state index contributed by atoms with van der Waals surface area (Å²) in [5.74, 6) is 0. The van der Waals surface area contributed by atoms with E-state index in [0.29, 0.717) is 0 Å². The molecule has 0 aliphatic carbocycles. The van der Waals surface area contributed by atoms with Crippen LogP contribution in [0.5, 0.6) is 0 Å². The number of aliphatic imine (C=N–C) groups is 1. The minimum absolute atomic E-state index is 0.283. The zero-order valence-corrected chi connectivity index (χ0v) is 21.8. The fourth-order valence-electron chi connectivity index (χ4n) is 5.34. The van der Waals surface area contributed by atoms with E-state index in [2.05, 4.69) is 128 Å².